The van der Waals surface area contributed by atoms with Gasteiger partial charge in [-0.25, -0.2) is 0 Å². The molecule has 0 saturated carbocycles. The molecule has 0 amide bonds. The smallest absolute Gasteiger partial charge is 0.138 e. The van der Waals surface area contributed by atoms with Gasteiger partial charge in [0, 0.05) is 16.5 Å². The fraction of sp³-hybridized carbons (Fsp3) is 0.222. The van der Waals surface area contributed by atoms with Crippen molar-refractivity contribution in [3.63, 3.8) is 0 Å². The van der Waals surface area contributed by atoms with Gasteiger partial charge < -0.3 is 13.9 Å². The van der Waals surface area contributed by atoms with Gasteiger partial charge in [0.25, 0.3) is 0 Å². The third kappa shape index (κ3) is 2.25. The minimum absolute atomic E-state index is 0.838. The Morgan fingerprint density at radius 1 is 0.857 bits per heavy atom. The van der Waals surface area contributed by atoms with E-state index in [1.165, 1.54) is 0 Å². The van der Waals surface area contributed by atoms with Gasteiger partial charge >= 0.3 is 0 Å². The average molecular weight is 282 g/mol. The van der Waals surface area contributed by atoms with Gasteiger partial charge in [-0.15, -0.1) is 0 Å². The number of ether oxygens (including phenoxy) is 2. The number of fused-ring (bicyclic) bond motifs is 1. The maximum absolute atomic E-state index is 6.09. The van der Waals surface area contributed by atoms with Crippen LogP contribution in [0.15, 0.2) is 40.8 Å². The average Bonchev–Trinajstić information content (AvgIpc) is 2.85. The van der Waals surface area contributed by atoms with Crippen molar-refractivity contribution < 1.29 is 13.9 Å². The molecule has 0 unspecified atom stereocenters. The Balaban J connectivity index is 2.18. The summed E-state index contributed by atoms with van der Waals surface area (Å²) in [6, 6.07) is 11.9. The number of rotatable bonds is 3. The van der Waals surface area contributed by atoms with Crippen LogP contribution in [0.4, 0.5) is 0 Å². The molecule has 3 heteroatoms. The number of furan rings is 1. The lowest BCUT2D eigenvalue weighted by Crippen LogP contribution is -1.84. The number of hydrogen-bond donors (Lipinski definition) is 0. The van der Waals surface area contributed by atoms with Crippen LogP contribution in [0, 0.1) is 13.8 Å². The summed E-state index contributed by atoms with van der Waals surface area (Å²) < 4.78 is 16.6. The summed E-state index contributed by atoms with van der Waals surface area (Å²) in [5.74, 6) is 2.58. The molecule has 0 N–H and O–H groups in total. The highest BCUT2D eigenvalue weighted by atomic mass is 16.5. The van der Waals surface area contributed by atoms with Gasteiger partial charge in [-0.1, -0.05) is 0 Å². The number of methoxy groups -OCH3 is 2. The third-order valence-electron chi connectivity index (χ3n) is 3.78. The minimum atomic E-state index is 0.838. The Bertz CT molecular complexity index is 782. The van der Waals surface area contributed by atoms with Crippen LogP contribution >= 0.6 is 0 Å². The Hall–Kier alpha value is -2.42. The van der Waals surface area contributed by atoms with Gasteiger partial charge in [0.1, 0.15) is 22.8 Å². The molecule has 0 aliphatic heterocycles. The molecular formula is C18H18O3. The Morgan fingerprint density at radius 2 is 1.52 bits per heavy atom. The number of hydrogen-bond acceptors (Lipinski definition) is 3. The van der Waals surface area contributed by atoms with Gasteiger partial charge in [-0.2, -0.15) is 0 Å². The van der Waals surface area contributed by atoms with Crippen LogP contribution in [0.1, 0.15) is 11.1 Å². The maximum Gasteiger partial charge on any atom is 0.138 e. The molecule has 3 aromatic rings. The first kappa shape index (κ1) is 13.6. The van der Waals surface area contributed by atoms with Crippen molar-refractivity contribution in [2.75, 3.05) is 14.2 Å². The molecule has 1 heterocycles. The zero-order valence-corrected chi connectivity index (χ0v) is 12.7. The first-order valence-corrected chi connectivity index (χ1v) is 6.86. The van der Waals surface area contributed by atoms with Crippen molar-refractivity contribution >= 4 is 11.0 Å². The molecule has 3 nitrogen and oxygen atoms in total. The topological polar surface area (TPSA) is 31.6 Å². The van der Waals surface area contributed by atoms with Gasteiger partial charge in [0.2, 0.25) is 0 Å². The maximum atomic E-state index is 6.09. The van der Waals surface area contributed by atoms with Gasteiger partial charge in [0.05, 0.1) is 14.2 Å². The normalized spacial score (nSPS) is 10.9. The second-order valence-corrected chi connectivity index (χ2v) is 5.11. The number of aryl methyl sites for hydroxylation is 2. The summed E-state index contributed by atoms with van der Waals surface area (Å²) in [4.78, 5) is 0. The van der Waals surface area contributed by atoms with Gasteiger partial charge in [-0.3, -0.25) is 0 Å². The Morgan fingerprint density at radius 3 is 2.14 bits per heavy atom. The summed E-state index contributed by atoms with van der Waals surface area (Å²) >= 11 is 0. The lowest BCUT2D eigenvalue weighted by Gasteiger charge is -2.01. The molecule has 0 bridgehead atoms. The van der Waals surface area contributed by atoms with E-state index in [1.54, 1.807) is 14.2 Å². The van der Waals surface area contributed by atoms with E-state index < -0.39 is 0 Å². The fourth-order valence-electron chi connectivity index (χ4n) is 2.59. The quantitative estimate of drug-likeness (QED) is 0.695. The van der Waals surface area contributed by atoms with E-state index in [0.717, 1.165) is 44.9 Å². The van der Waals surface area contributed by atoms with E-state index >= 15 is 0 Å². The zero-order chi connectivity index (χ0) is 15.0. The van der Waals surface area contributed by atoms with E-state index in [9.17, 15) is 0 Å². The van der Waals surface area contributed by atoms with Gasteiger partial charge in [-0.05, 0) is 55.8 Å². The first-order valence-electron chi connectivity index (χ1n) is 6.86. The Labute approximate surface area is 124 Å². The SMILES string of the molecule is COc1ccc(-c2oc3c(C)cc(OC)cc3c2C)cc1. The van der Waals surface area contributed by atoms with E-state index in [4.69, 9.17) is 13.9 Å². The van der Waals surface area contributed by atoms with Crippen molar-refractivity contribution in [2.24, 2.45) is 0 Å². The predicted octanol–water partition coefficient (Wildman–Crippen LogP) is 4.73. The molecule has 0 radical (unpaired) electrons. The van der Waals surface area contributed by atoms with Crippen LogP contribution in [0.3, 0.4) is 0 Å². The van der Waals surface area contributed by atoms with Crippen molar-refractivity contribution in [3.05, 3.63) is 47.5 Å². The minimum Gasteiger partial charge on any atom is -0.497 e. The monoisotopic (exact) mass is 282 g/mol. The van der Waals surface area contributed by atoms with Crippen LogP contribution in [0.2, 0.25) is 0 Å². The van der Waals surface area contributed by atoms with E-state index in [2.05, 4.69) is 6.92 Å². The standard InChI is InChI=1S/C18H18O3/c1-11-9-15(20-4)10-16-12(2)18(21-17(11)16)13-5-7-14(19-3)8-6-13/h5-10H,1-4H3. The van der Waals surface area contributed by atoms with Crippen LogP contribution in [0.25, 0.3) is 22.3 Å². The van der Waals surface area contributed by atoms with Crippen LogP contribution < -0.4 is 9.47 Å². The van der Waals surface area contributed by atoms with E-state index in [0.29, 0.717) is 0 Å². The second kappa shape index (κ2) is 5.17. The highest BCUT2D eigenvalue weighted by Crippen LogP contribution is 2.37. The lowest BCUT2D eigenvalue weighted by molar-refractivity contribution is 0.414. The van der Waals surface area contributed by atoms with Crippen molar-refractivity contribution in [3.8, 4) is 22.8 Å². The predicted molar refractivity (Wildman–Crippen MR) is 84.2 cm³/mol. The third-order valence-corrected chi connectivity index (χ3v) is 3.78. The molecule has 0 atom stereocenters. The van der Waals surface area contributed by atoms with Gasteiger partial charge in [0.15, 0.2) is 0 Å². The molecule has 2 aromatic carbocycles. The summed E-state index contributed by atoms with van der Waals surface area (Å²) in [7, 11) is 3.34. The summed E-state index contributed by atoms with van der Waals surface area (Å²) in [6.45, 7) is 4.11. The highest BCUT2D eigenvalue weighted by Gasteiger charge is 2.15. The molecule has 0 fully saturated rings. The molecule has 1 aromatic heterocycles. The molecule has 3 rings (SSSR count). The number of benzene rings is 2. The first-order chi connectivity index (χ1) is 10.1. The zero-order valence-electron chi connectivity index (χ0n) is 12.7. The molecule has 21 heavy (non-hydrogen) atoms. The molecule has 108 valence electrons. The molecular weight excluding hydrogens is 264 g/mol. The van der Waals surface area contributed by atoms with Crippen LogP contribution in [-0.4, -0.2) is 14.2 Å². The molecule has 0 aliphatic carbocycles. The fourth-order valence-corrected chi connectivity index (χ4v) is 2.59. The molecule has 0 spiro atoms. The van der Waals surface area contributed by atoms with E-state index in [-0.39, 0.29) is 0 Å². The largest absolute Gasteiger partial charge is 0.497 e. The van der Waals surface area contributed by atoms with Crippen molar-refractivity contribution in [1.82, 2.24) is 0 Å². The Kier molecular flexibility index (Phi) is 3.34. The molecule has 0 aliphatic rings. The highest BCUT2D eigenvalue weighted by molar-refractivity contribution is 5.90. The second-order valence-electron chi connectivity index (χ2n) is 5.11. The van der Waals surface area contributed by atoms with Crippen molar-refractivity contribution in [1.29, 1.82) is 0 Å². The van der Waals surface area contributed by atoms with Crippen molar-refractivity contribution in [2.45, 2.75) is 13.8 Å². The summed E-state index contributed by atoms with van der Waals surface area (Å²) in [6.07, 6.45) is 0. The van der Waals surface area contributed by atoms with E-state index in [1.807, 2.05) is 43.3 Å². The van der Waals surface area contributed by atoms with Crippen LogP contribution in [-0.2, 0) is 0 Å². The lowest BCUT2D eigenvalue weighted by atomic mass is 10.1. The summed E-state index contributed by atoms with van der Waals surface area (Å²) in [5, 5.41) is 1.10. The van der Waals surface area contributed by atoms with Crippen LogP contribution in [0.5, 0.6) is 11.5 Å². The molecule has 0 saturated heterocycles. The summed E-state index contributed by atoms with van der Waals surface area (Å²) in [5.41, 5.74) is 4.16.